The lowest BCUT2D eigenvalue weighted by Crippen LogP contribution is -2.53. The van der Waals surface area contributed by atoms with Crippen LogP contribution in [0.3, 0.4) is 0 Å². The van der Waals surface area contributed by atoms with Crippen molar-refractivity contribution in [1.82, 2.24) is 9.80 Å². The van der Waals surface area contributed by atoms with Crippen LogP contribution in [0.1, 0.15) is 17.5 Å². The van der Waals surface area contributed by atoms with E-state index in [9.17, 15) is 14.4 Å². The van der Waals surface area contributed by atoms with Crippen molar-refractivity contribution in [2.45, 2.75) is 20.3 Å². The van der Waals surface area contributed by atoms with Gasteiger partial charge in [0.15, 0.2) is 0 Å². The zero-order chi connectivity index (χ0) is 18.4. The molecule has 2 rings (SSSR count). The third kappa shape index (κ3) is 4.36. The Labute approximate surface area is 148 Å². The number of anilines is 1. The number of amides is 3. The SMILES string of the molecule is Cc1cccc(N2CCN(C(=O)C(=O)N(C=O)CCCN)CC2)c1C. The molecule has 3 amide bonds. The quantitative estimate of drug-likeness (QED) is 0.611. The molecule has 7 nitrogen and oxygen atoms in total. The minimum absolute atomic E-state index is 0.174. The lowest BCUT2D eigenvalue weighted by Gasteiger charge is -2.37. The molecule has 2 N–H and O–H groups in total. The van der Waals surface area contributed by atoms with Crippen molar-refractivity contribution in [3.8, 4) is 0 Å². The summed E-state index contributed by atoms with van der Waals surface area (Å²) >= 11 is 0. The molecule has 0 spiro atoms. The third-order valence-corrected chi connectivity index (χ3v) is 4.66. The van der Waals surface area contributed by atoms with Crippen molar-refractivity contribution in [2.24, 2.45) is 5.73 Å². The van der Waals surface area contributed by atoms with Crippen molar-refractivity contribution >= 4 is 23.9 Å². The Morgan fingerprint density at radius 2 is 1.88 bits per heavy atom. The Morgan fingerprint density at radius 1 is 1.20 bits per heavy atom. The fourth-order valence-electron chi connectivity index (χ4n) is 2.95. The van der Waals surface area contributed by atoms with Crippen LogP contribution in [0.5, 0.6) is 0 Å². The van der Waals surface area contributed by atoms with Gasteiger partial charge in [-0.1, -0.05) is 12.1 Å². The fraction of sp³-hybridized carbons (Fsp3) is 0.500. The van der Waals surface area contributed by atoms with Crippen LogP contribution < -0.4 is 10.6 Å². The maximum atomic E-state index is 12.4. The summed E-state index contributed by atoms with van der Waals surface area (Å²) in [5.41, 5.74) is 9.01. The van der Waals surface area contributed by atoms with Crippen molar-refractivity contribution in [2.75, 3.05) is 44.2 Å². The second-order valence-electron chi connectivity index (χ2n) is 6.24. The van der Waals surface area contributed by atoms with Gasteiger partial charge in [0.1, 0.15) is 0 Å². The number of carbonyl (C=O) groups is 3. The van der Waals surface area contributed by atoms with Gasteiger partial charge in [0.25, 0.3) is 0 Å². The van der Waals surface area contributed by atoms with Crippen LogP contribution in [-0.4, -0.2) is 67.3 Å². The molecule has 1 heterocycles. The number of benzene rings is 1. The molecule has 1 fully saturated rings. The van der Waals surface area contributed by atoms with E-state index >= 15 is 0 Å². The molecule has 1 aromatic carbocycles. The molecule has 25 heavy (non-hydrogen) atoms. The number of hydrogen-bond donors (Lipinski definition) is 1. The number of aryl methyl sites for hydroxylation is 1. The molecule has 7 heteroatoms. The molecule has 0 bridgehead atoms. The zero-order valence-corrected chi connectivity index (χ0v) is 14.9. The van der Waals surface area contributed by atoms with Gasteiger partial charge in [-0.2, -0.15) is 0 Å². The average molecular weight is 346 g/mol. The number of carbonyl (C=O) groups excluding carboxylic acids is 3. The summed E-state index contributed by atoms with van der Waals surface area (Å²) < 4.78 is 0. The van der Waals surface area contributed by atoms with Crippen LogP contribution in [0.25, 0.3) is 0 Å². The first-order valence-electron chi connectivity index (χ1n) is 8.56. The highest BCUT2D eigenvalue weighted by molar-refractivity contribution is 6.36. The van der Waals surface area contributed by atoms with Crippen LogP contribution in [0.2, 0.25) is 0 Å². The van der Waals surface area contributed by atoms with E-state index in [4.69, 9.17) is 5.73 Å². The minimum atomic E-state index is -0.774. The molecule has 0 aliphatic carbocycles. The molecule has 0 atom stereocenters. The summed E-state index contributed by atoms with van der Waals surface area (Å²) in [4.78, 5) is 40.2. The summed E-state index contributed by atoms with van der Waals surface area (Å²) in [5, 5.41) is 0. The lowest BCUT2D eigenvalue weighted by molar-refractivity contribution is -0.154. The summed E-state index contributed by atoms with van der Waals surface area (Å²) in [6, 6.07) is 6.18. The van der Waals surface area contributed by atoms with Crippen LogP contribution in [-0.2, 0) is 14.4 Å². The van der Waals surface area contributed by atoms with E-state index in [1.807, 2.05) is 6.07 Å². The Kier molecular flexibility index (Phi) is 6.52. The van der Waals surface area contributed by atoms with E-state index in [0.29, 0.717) is 45.6 Å². The molecule has 1 aliphatic heterocycles. The first kappa shape index (κ1) is 18.9. The topological polar surface area (TPSA) is 87.0 Å². The molecule has 1 saturated heterocycles. The van der Waals surface area contributed by atoms with Gasteiger partial charge < -0.3 is 15.5 Å². The van der Waals surface area contributed by atoms with Gasteiger partial charge in [-0.05, 0) is 44.0 Å². The number of nitrogens with zero attached hydrogens (tertiary/aromatic N) is 3. The summed E-state index contributed by atoms with van der Waals surface area (Å²) in [5.74, 6) is -1.40. The molecule has 0 saturated carbocycles. The number of imide groups is 1. The molecule has 1 aromatic rings. The van der Waals surface area contributed by atoms with Crippen LogP contribution in [0.15, 0.2) is 18.2 Å². The van der Waals surface area contributed by atoms with Gasteiger partial charge in [-0.25, -0.2) is 0 Å². The second-order valence-corrected chi connectivity index (χ2v) is 6.24. The van der Waals surface area contributed by atoms with Gasteiger partial charge in [-0.15, -0.1) is 0 Å². The smallest absolute Gasteiger partial charge is 0.318 e. The van der Waals surface area contributed by atoms with Crippen LogP contribution in [0, 0.1) is 13.8 Å². The van der Waals surface area contributed by atoms with E-state index < -0.39 is 11.8 Å². The van der Waals surface area contributed by atoms with Crippen molar-refractivity contribution in [3.63, 3.8) is 0 Å². The standard InChI is InChI=1S/C18H26N4O3/c1-14-5-3-6-16(15(14)2)20-9-11-21(12-10-20)17(24)18(25)22(13-23)8-4-7-19/h3,5-6,13H,4,7-12,19H2,1-2H3. The first-order chi connectivity index (χ1) is 12.0. The summed E-state index contributed by atoms with van der Waals surface area (Å²) in [6.07, 6.45) is 0.889. The maximum Gasteiger partial charge on any atom is 0.318 e. The molecule has 0 radical (unpaired) electrons. The maximum absolute atomic E-state index is 12.4. The highest BCUT2D eigenvalue weighted by Gasteiger charge is 2.29. The number of hydrogen-bond acceptors (Lipinski definition) is 5. The van der Waals surface area contributed by atoms with E-state index in [0.717, 1.165) is 10.6 Å². The largest absolute Gasteiger partial charge is 0.368 e. The van der Waals surface area contributed by atoms with Crippen LogP contribution in [0.4, 0.5) is 5.69 Å². The Bertz CT molecular complexity index is 639. The minimum Gasteiger partial charge on any atom is -0.368 e. The Hall–Kier alpha value is -2.41. The number of rotatable bonds is 5. The number of piperazine rings is 1. The molecular formula is C18H26N4O3. The van der Waals surface area contributed by atoms with Gasteiger partial charge in [0, 0.05) is 38.4 Å². The number of nitrogens with two attached hydrogens (primary N) is 1. The molecule has 136 valence electrons. The summed E-state index contributed by atoms with van der Waals surface area (Å²) in [6.45, 7) is 6.94. The predicted molar refractivity (Wildman–Crippen MR) is 96.2 cm³/mol. The van der Waals surface area contributed by atoms with Crippen molar-refractivity contribution < 1.29 is 14.4 Å². The van der Waals surface area contributed by atoms with Gasteiger partial charge in [0.05, 0.1) is 0 Å². The average Bonchev–Trinajstić information content (AvgIpc) is 2.64. The highest BCUT2D eigenvalue weighted by atomic mass is 16.2. The first-order valence-corrected chi connectivity index (χ1v) is 8.56. The monoisotopic (exact) mass is 346 g/mol. The van der Waals surface area contributed by atoms with E-state index in [2.05, 4.69) is 30.9 Å². The zero-order valence-electron chi connectivity index (χ0n) is 14.9. The lowest BCUT2D eigenvalue weighted by atomic mass is 10.1. The summed E-state index contributed by atoms with van der Waals surface area (Å²) in [7, 11) is 0. The fourth-order valence-corrected chi connectivity index (χ4v) is 2.95. The van der Waals surface area contributed by atoms with Crippen LogP contribution >= 0.6 is 0 Å². The highest BCUT2D eigenvalue weighted by Crippen LogP contribution is 2.23. The Balaban J connectivity index is 1.97. The van der Waals surface area contributed by atoms with E-state index in [1.54, 1.807) is 0 Å². The van der Waals surface area contributed by atoms with E-state index in [-0.39, 0.29) is 6.54 Å². The van der Waals surface area contributed by atoms with Crippen molar-refractivity contribution in [3.05, 3.63) is 29.3 Å². The van der Waals surface area contributed by atoms with Gasteiger partial charge in [-0.3, -0.25) is 19.3 Å². The van der Waals surface area contributed by atoms with Gasteiger partial charge in [0.2, 0.25) is 6.41 Å². The predicted octanol–water partition coefficient (Wildman–Crippen LogP) is 0.286. The molecule has 0 unspecified atom stereocenters. The Morgan fingerprint density at radius 3 is 2.48 bits per heavy atom. The molecule has 1 aliphatic rings. The third-order valence-electron chi connectivity index (χ3n) is 4.66. The normalized spacial score (nSPS) is 14.4. The molecule has 0 aromatic heterocycles. The van der Waals surface area contributed by atoms with Crippen molar-refractivity contribution in [1.29, 1.82) is 0 Å². The van der Waals surface area contributed by atoms with E-state index in [1.165, 1.54) is 16.0 Å². The molecular weight excluding hydrogens is 320 g/mol. The second kappa shape index (κ2) is 8.62. The van der Waals surface area contributed by atoms with Gasteiger partial charge >= 0.3 is 11.8 Å².